The van der Waals surface area contributed by atoms with Gasteiger partial charge in [0.05, 0.1) is 25.5 Å². The van der Waals surface area contributed by atoms with E-state index in [0.717, 1.165) is 22.9 Å². The van der Waals surface area contributed by atoms with Gasteiger partial charge in [-0.3, -0.25) is 8.98 Å². The molecule has 0 aromatic heterocycles. The van der Waals surface area contributed by atoms with Crippen LogP contribution in [0.15, 0.2) is 54.6 Å². The molecule has 11 heteroatoms. The van der Waals surface area contributed by atoms with Crippen molar-refractivity contribution in [1.29, 1.82) is 0 Å². The van der Waals surface area contributed by atoms with Crippen LogP contribution in [0.2, 0.25) is 0 Å². The molecule has 2 unspecified atom stereocenters. The molecule has 2 N–H and O–H groups in total. The molecule has 0 heterocycles. The van der Waals surface area contributed by atoms with Crippen LogP contribution in [-0.4, -0.2) is 56.3 Å². The van der Waals surface area contributed by atoms with E-state index >= 15 is 0 Å². The molecule has 2 rings (SSSR count). The lowest BCUT2D eigenvalue weighted by atomic mass is 9.99. The molecule has 2 aromatic rings. The van der Waals surface area contributed by atoms with Crippen LogP contribution in [0.1, 0.15) is 38.3 Å². The van der Waals surface area contributed by atoms with Crippen LogP contribution in [-0.2, 0) is 36.2 Å². The fraction of sp³-hybridized carbons (Fsp3) is 0.462. The van der Waals surface area contributed by atoms with E-state index in [9.17, 15) is 23.1 Å². The van der Waals surface area contributed by atoms with Gasteiger partial charge in [-0.1, -0.05) is 63.2 Å². The molecule has 0 bridgehead atoms. The number of benzene rings is 2. The number of nitrogens with one attached hydrogen (secondary N) is 1. The molecule has 0 radical (unpaired) electrons. The summed E-state index contributed by atoms with van der Waals surface area (Å²) in [6.45, 7) is 5.49. The van der Waals surface area contributed by atoms with Crippen molar-refractivity contribution in [1.82, 2.24) is 5.32 Å². The van der Waals surface area contributed by atoms with Crippen LogP contribution in [0.25, 0.3) is 0 Å². The second-order valence-corrected chi connectivity index (χ2v) is 12.5. The Balaban J connectivity index is 2.12. The lowest BCUT2D eigenvalue weighted by molar-refractivity contribution is -0.136. The van der Waals surface area contributed by atoms with Gasteiger partial charge in [0.25, 0.3) is 10.1 Å². The lowest BCUT2D eigenvalue weighted by Gasteiger charge is -2.25. The summed E-state index contributed by atoms with van der Waals surface area (Å²) in [7, 11) is -2.39. The van der Waals surface area contributed by atoms with Crippen LogP contribution in [0, 0.1) is 5.41 Å². The molecule has 0 aliphatic carbocycles. The minimum absolute atomic E-state index is 0.0108. The van der Waals surface area contributed by atoms with Crippen LogP contribution < -0.4 is 10.1 Å². The molecule has 37 heavy (non-hydrogen) atoms. The molecule has 1 amide bonds. The van der Waals surface area contributed by atoms with Gasteiger partial charge in [0, 0.05) is 5.75 Å². The summed E-state index contributed by atoms with van der Waals surface area (Å²) in [5, 5.41) is 11.4. The average molecular weight is 554 g/mol. The number of ether oxygens (including phenoxy) is 2. The van der Waals surface area contributed by atoms with Gasteiger partial charge in [-0.15, -0.1) is 11.8 Å². The maximum atomic E-state index is 12.6. The highest BCUT2D eigenvalue weighted by molar-refractivity contribution is 7.99. The highest BCUT2D eigenvalue weighted by Gasteiger charge is 2.32. The van der Waals surface area contributed by atoms with E-state index in [-0.39, 0.29) is 25.0 Å². The van der Waals surface area contributed by atoms with Gasteiger partial charge in [0.1, 0.15) is 17.6 Å². The zero-order chi connectivity index (χ0) is 27.5. The standard InChI is InChI=1S/C26H35NO8S2/c1-26(2,3)18-35-37(31,32)15-14-22(27-25(30)34-16-19-8-6-5-7-9-19)23(24(28)29)36-17-20-10-12-21(33-4)13-11-20/h5-13,22-23H,14-18H2,1-4H3,(H,27,30)(H,28,29). The number of methoxy groups -OCH3 is 1. The van der Waals surface area contributed by atoms with Gasteiger partial charge in [-0.25, -0.2) is 4.79 Å². The fourth-order valence-electron chi connectivity index (χ4n) is 3.08. The Labute approximate surface area is 223 Å². The summed E-state index contributed by atoms with van der Waals surface area (Å²) in [5.41, 5.74) is 1.24. The molecule has 0 fully saturated rings. The first kappa shape index (κ1) is 30.5. The number of aliphatic carboxylic acids is 1. The number of hydrogen-bond acceptors (Lipinski definition) is 8. The SMILES string of the molecule is COc1ccc(CSC(C(=O)O)C(CCS(=O)(=O)OCC(C)(C)C)NC(=O)OCc2ccccc2)cc1. The van der Waals surface area contributed by atoms with Crippen LogP contribution in [0.5, 0.6) is 5.75 Å². The molecule has 0 aliphatic rings. The Kier molecular flexibility index (Phi) is 11.7. The van der Waals surface area contributed by atoms with E-state index in [4.69, 9.17) is 13.7 Å². The molecular weight excluding hydrogens is 518 g/mol. The Bertz CT molecular complexity index is 1100. The molecule has 0 saturated carbocycles. The molecule has 204 valence electrons. The van der Waals surface area contributed by atoms with E-state index in [2.05, 4.69) is 5.32 Å². The minimum atomic E-state index is -3.94. The predicted molar refractivity (Wildman–Crippen MR) is 143 cm³/mol. The highest BCUT2D eigenvalue weighted by Crippen LogP contribution is 2.25. The van der Waals surface area contributed by atoms with Crippen molar-refractivity contribution < 1.29 is 36.8 Å². The van der Waals surface area contributed by atoms with Crippen LogP contribution in [0.4, 0.5) is 4.79 Å². The number of carboxylic acid groups (broad SMARTS) is 1. The van der Waals surface area contributed by atoms with Gasteiger partial charge in [-0.2, -0.15) is 8.42 Å². The molecule has 2 atom stereocenters. The van der Waals surface area contributed by atoms with Gasteiger partial charge < -0.3 is 19.9 Å². The second-order valence-electron chi connectivity index (χ2n) is 9.60. The predicted octanol–water partition coefficient (Wildman–Crippen LogP) is 4.46. The number of hydrogen-bond donors (Lipinski definition) is 2. The van der Waals surface area contributed by atoms with Crippen LogP contribution >= 0.6 is 11.8 Å². The Morgan fingerprint density at radius 1 is 1.03 bits per heavy atom. The monoisotopic (exact) mass is 553 g/mol. The zero-order valence-electron chi connectivity index (χ0n) is 21.5. The largest absolute Gasteiger partial charge is 0.497 e. The maximum Gasteiger partial charge on any atom is 0.407 e. The van der Waals surface area contributed by atoms with Crippen LogP contribution in [0.3, 0.4) is 0 Å². The summed E-state index contributed by atoms with van der Waals surface area (Å²) < 4.78 is 40.5. The maximum absolute atomic E-state index is 12.6. The molecular formula is C26H35NO8S2. The molecule has 2 aromatic carbocycles. The Morgan fingerprint density at radius 2 is 1.68 bits per heavy atom. The van der Waals surface area contributed by atoms with E-state index in [1.807, 2.05) is 39.0 Å². The van der Waals surface area contributed by atoms with Crippen molar-refractivity contribution in [2.24, 2.45) is 5.41 Å². The first-order valence-corrected chi connectivity index (χ1v) is 14.3. The van der Waals surface area contributed by atoms with Crippen molar-refractivity contribution in [2.75, 3.05) is 19.5 Å². The molecule has 0 aliphatic heterocycles. The van der Waals surface area contributed by atoms with Crippen molar-refractivity contribution in [3.05, 3.63) is 65.7 Å². The third kappa shape index (κ3) is 11.9. The van der Waals surface area contributed by atoms with Gasteiger partial charge in [-0.05, 0) is 35.1 Å². The van der Waals surface area contributed by atoms with Gasteiger partial charge in [0.2, 0.25) is 0 Å². The number of carboxylic acids is 1. The van der Waals surface area contributed by atoms with Crippen molar-refractivity contribution >= 4 is 33.9 Å². The average Bonchev–Trinajstić information content (AvgIpc) is 2.85. The summed E-state index contributed by atoms with van der Waals surface area (Å²) >= 11 is 1.08. The van der Waals surface area contributed by atoms with E-state index < -0.39 is 39.2 Å². The Morgan fingerprint density at radius 3 is 2.24 bits per heavy atom. The topological polar surface area (TPSA) is 128 Å². The smallest absolute Gasteiger partial charge is 0.407 e. The first-order valence-electron chi connectivity index (χ1n) is 11.7. The minimum Gasteiger partial charge on any atom is -0.497 e. The number of carbonyl (C=O) groups is 2. The van der Waals surface area contributed by atoms with Crippen molar-refractivity contribution in [3.63, 3.8) is 0 Å². The quantitative estimate of drug-likeness (QED) is 0.326. The van der Waals surface area contributed by atoms with E-state index in [1.165, 1.54) is 0 Å². The normalized spacial score (nSPS) is 13.4. The molecule has 9 nitrogen and oxygen atoms in total. The second kappa shape index (κ2) is 14.3. The number of carbonyl (C=O) groups excluding carboxylic acids is 1. The fourth-order valence-corrected chi connectivity index (χ4v) is 5.42. The number of alkyl carbamates (subject to hydrolysis) is 1. The first-order chi connectivity index (χ1) is 17.4. The third-order valence-corrected chi connectivity index (χ3v) is 7.67. The van der Waals surface area contributed by atoms with Gasteiger partial charge >= 0.3 is 12.1 Å². The zero-order valence-corrected chi connectivity index (χ0v) is 23.1. The summed E-state index contributed by atoms with van der Waals surface area (Å²) in [4.78, 5) is 24.7. The van der Waals surface area contributed by atoms with E-state index in [1.54, 1.807) is 43.5 Å². The summed E-state index contributed by atoms with van der Waals surface area (Å²) in [5.74, 6) is -0.644. The Hall–Kier alpha value is -2.76. The molecule has 0 saturated heterocycles. The molecule has 0 spiro atoms. The lowest BCUT2D eigenvalue weighted by Crippen LogP contribution is -2.46. The number of rotatable bonds is 14. The number of thioether (sulfide) groups is 1. The highest BCUT2D eigenvalue weighted by atomic mass is 32.2. The number of amides is 1. The summed E-state index contributed by atoms with van der Waals surface area (Å²) in [6, 6.07) is 15.1. The summed E-state index contributed by atoms with van der Waals surface area (Å²) in [6.07, 6.45) is -1.00. The van der Waals surface area contributed by atoms with Crippen molar-refractivity contribution in [2.45, 2.75) is 50.8 Å². The van der Waals surface area contributed by atoms with Crippen molar-refractivity contribution in [3.8, 4) is 5.75 Å². The van der Waals surface area contributed by atoms with Gasteiger partial charge in [0.15, 0.2) is 0 Å². The third-order valence-electron chi connectivity index (χ3n) is 5.06. The van der Waals surface area contributed by atoms with E-state index in [0.29, 0.717) is 11.5 Å².